The Morgan fingerprint density at radius 2 is 1.73 bits per heavy atom. The van der Waals surface area contributed by atoms with Gasteiger partial charge in [-0.05, 0) is 37.1 Å². The molecule has 0 bridgehead atoms. The molecule has 82 valence electrons. The highest BCUT2D eigenvalue weighted by Crippen LogP contribution is 2.24. The Morgan fingerprint density at radius 3 is 2.13 bits per heavy atom. The van der Waals surface area contributed by atoms with Gasteiger partial charge in [-0.3, -0.25) is 0 Å². The van der Waals surface area contributed by atoms with Crippen molar-refractivity contribution in [3.05, 3.63) is 35.9 Å². The topological polar surface area (TPSA) is 9.23 Å². The molecule has 15 heavy (non-hydrogen) atoms. The average Bonchev–Trinajstić information content (AvgIpc) is 2.15. The Hall–Kier alpha value is -1.45. The molecule has 0 unspecified atom stereocenters. The molecular formula is C11H11F3O. The molecule has 0 radical (unpaired) electrons. The van der Waals surface area contributed by atoms with Crippen molar-refractivity contribution in [1.82, 2.24) is 0 Å². The van der Waals surface area contributed by atoms with Crippen LogP contribution in [0.15, 0.2) is 30.3 Å². The lowest BCUT2D eigenvalue weighted by Gasteiger charge is -2.09. The van der Waals surface area contributed by atoms with E-state index in [4.69, 9.17) is 0 Å². The summed E-state index contributed by atoms with van der Waals surface area (Å²) >= 11 is 0. The predicted molar refractivity (Wildman–Crippen MR) is 52.5 cm³/mol. The molecule has 0 heterocycles. The molecule has 0 saturated heterocycles. The summed E-state index contributed by atoms with van der Waals surface area (Å²) in [6, 6.07) is 5.79. The molecule has 0 aliphatic rings. The number of alkyl halides is 3. The second-order valence-electron chi connectivity index (χ2n) is 3.04. The smallest absolute Gasteiger partial charge is 0.406 e. The fraction of sp³-hybridized carbons (Fsp3) is 0.273. The third kappa shape index (κ3) is 3.65. The van der Waals surface area contributed by atoms with Gasteiger partial charge in [0.15, 0.2) is 0 Å². The van der Waals surface area contributed by atoms with Crippen LogP contribution in [0.4, 0.5) is 13.2 Å². The Bertz CT molecular complexity index is 349. The van der Waals surface area contributed by atoms with E-state index in [2.05, 4.69) is 4.74 Å². The van der Waals surface area contributed by atoms with Crippen LogP contribution in [0.1, 0.15) is 19.4 Å². The first-order chi connectivity index (χ1) is 6.92. The average molecular weight is 216 g/mol. The molecule has 0 aliphatic carbocycles. The van der Waals surface area contributed by atoms with Gasteiger partial charge < -0.3 is 4.74 Å². The van der Waals surface area contributed by atoms with Crippen molar-refractivity contribution in [3.8, 4) is 5.75 Å². The lowest BCUT2D eigenvalue weighted by Crippen LogP contribution is -2.16. The monoisotopic (exact) mass is 216 g/mol. The second-order valence-corrected chi connectivity index (χ2v) is 3.04. The third-order valence-electron chi connectivity index (χ3n) is 1.98. The quantitative estimate of drug-likeness (QED) is 0.725. The van der Waals surface area contributed by atoms with E-state index < -0.39 is 6.36 Å². The molecule has 0 saturated carbocycles. The van der Waals surface area contributed by atoms with Crippen molar-refractivity contribution < 1.29 is 17.9 Å². The first-order valence-corrected chi connectivity index (χ1v) is 4.41. The summed E-state index contributed by atoms with van der Waals surface area (Å²) in [5.74, 6) is -0.199. The van der Waals surface area contributed by atoms with Crippen LogP contribution in [0.25, 0.3) is 5.57 Å². The molecule has 0 aliphatic heterocycles. The van der Waals surface area contributed by atoms with E-state index in [1.54, 1.807) is 12.1 Å². The third-order valence-corrected chi connectivity index (χ3v) is 1.98. The summed E-state index contributed by atoms with van der Waals surface area (Å²) < 4.78 is 39.2. The SMILES string of the molecule is C/C=C(\C)c1ccc(OC(F)(F)F)cc1. The van der Waals surface area contributed by atoms with E-state index in [0.717, 1.165) is 11.1 Å². The maximum atomic E-state index is 11.8. The zero-order valence-electron chi connectivity index (χ0n) is 8.43. The Morgan fingerprint density at radius 1 is 1.20 bits per heavy atom. The first kappa shape index (κ1) is 11.6. The van der Waals surface area contributed by atoms with Crippen molar-refractivity contribution in [2.45, 2.75) is 20.2 Å². The molecule has 0 N–H and O–H groups in total. The number of benzene rings is 1. The minimum atomic E-state index is -4.63. The van der Waals surface area contributed by atoms with Crippen molar-refractivity contribution in [1.29, 1.82) is 0 Å². The molecule has 0 aromatic heterocycles. The molecule has 1 aromatic rings. The largest absolute Gasteiger partial charge is 0.573 e. The van der Waals surface area contributed by atoms with Gasteiger partial charge in [0.25, 0.3) is 0 Å². The van der Waals surface area contributed by atoms with Gasteiger partial charge in [-0.2, -0.15) is 0 Å². The summed E-state index contributed by atoms with van der Waals surface area (Å²) in [6.07, 6.45) is -2.74. The molecule has 1 nitrogen and oxygen atoms in total. The zero-order chi connectivity index (χ0) is 11.5. The van der Waals surface area contributed by atoms with Crippen LogP contribution in [0.2, 0.25) is 0 Å². The Kier molecular flexibility index (Phi) is 3.39. The molecule has 0 amide bonds. The van der Waals surface area contributed by atoms with Crippen LogP contribution in [0.5, 0.6) is 5.75 Å². The fourth-order valence-electron chi connectivity index (χ4n) is 1.09. The van der Waals surface area contributed by atoms with Crippen LogP contribution in [-0.4, -0.2) is 6.36 Å². The highest BCUT2D eigenvalue weighted by molar-refractivity contribution is 5.63. The molecule has 0 fully saturated rings. The van der Waals surface area contributed by atoms with Gasteiger partial charge in [-0.25, -0.2) is 0 Å². The maximum Gasteiger partial charge on any atom is 0.573 e. The number of hydrogen-bond donors (Lipinski definition) is 0. The van der Waals surface area contributed by atoms with E-state index in [9.17, 15) is 13.2 Å². The highest BCUT2D eigenvalue weighted by Gasteiger charge is 2.30. The molecule has 0 atom stereocenters. The standard InChI is InChI=1S/C11H11F3O/c1-3-8(2)9-4-6-10(7-5-9)15-11(12,13)14/h3-7H,1-2H3/b8-3+. The normalized spacial score (nSPS) is 12.7. The van der Waals surface area contributed by atoms with Crippen LogP contribution in [0, 0.1) is 0 Å². The lowest BCUT2D eigenvalue weighted by atomic mass is 10.1. The number of hydrogen-bond acceptors (Lipinski definition) is 1. The van der Waals surface area contributed by atoms with E-state index in [1.807, 2.05) is 19.9 Å². The molecular weight excluding hydrogens is 205 g/mol. The summed E-state index contributed by atoms with van der Waals surface area (Å²) in [5, 5.41) is 0. The van der Waals surface area contributed by atoms with Crippen molar-refractivity contribution >= 4 is 5.57 Å². The maximum absolute atomic E-state index is 11.8. The van der Waals surface area contributed by atoms with Crippen LogP contribution < -0.4 is 4.74 Å². The Balaban J connectivity index is 2.82. The van der Waals surface area contributed by atoms with E-state index >= 15 is 0 Å². The number of rotatable bonds is 2. The fourth-order valence-corrected chi connectivity index (χ4v) is 1.09. The molecule has 1 rings (SSSR count). The zero-order valence-corrected chi connectivity index (χ0v) is 8.43. The van der Waals surface area contributed by atoms with Gasteiger partial charge in [-0.1, -0.05) is 18.2 Å². The second kappa shape index (κ2) is 4.38. The summed E-state index contributed by atoms with van der Waals surface area (Å²) in [7, 11) is 0. The molecule has 4 heteroatoms. The number of ether oxygens (including phenoxy) is 1. The minimum Gasteiger partial charge on any atom is -0.406 e. The van der Waals surface area contributed by atoms with Crippen LogP contribution in [0.3, 0.4) is 0 Å². The van der Waals surface area contributed by atoms with Crippen LogP contribution in [-0.2, 0) is 0 Å². The van der Waals surface area contributed by atoms with Crippen LogP contribution >= 0.6 is 0 Å². The molecule has 1 aromatic carbocycles. The predicted octanol–water partition coefficient (Wildman–Crippen LogP) is 4.01. The van der Waals surface area contributed by atoms with Gasteiger partial charge in [0.05, 0.1) is 0 Å². The van der Waals surface area contributed by atoms with Crippen molar-refractivity contribution in [2.75, 3.05) is 0 Å². The summed E-state index contributed by atoms with van der Waals surface area (Å²) in [6.45, 7) is 3.76. The van der Waals surface area contributed by atoms with Gasteiger partial charge in [0.1, 0.15) is 5.75 Å². The van der Waals surface area contributed by atoms with Gasteiger partial charge in [0.2, 0.25) is 0 Å². The minimum absolute atomic E-state index is 0.199. The van der Waals surface area contributed by atoms with E-state index in [-0.39, 0.29) is 5.75 Å². The van der Waals surface area contributed by atoms with E-state index in [1.165, 1.54) is 12.1 Å². The highest BCUT2D eigenvalue weighted by atomic mass is 19.4. The van der Waals surface area contributed by atoms with E-state index in [0.29, 0.717) is 0 Å². The Labute approximate surface area is 86.2 Å². The number of halogens is 3. The summed E-state index contributed by atoms with van der Waals surface area (Å²) in [5.41, 5.74) is 1.89. The number of allylic oxidation sites excluding steroid dienone is 2. The molecule has 0 spiro atoms. The first-order valence-electron chi connectivity index (χ1n) is 4.41. The van der Waals surface area contributed by atoms with Gasteiger partial charge >= 0.3 is 6.36 Å². The summed E-state index contributed by atoms with van der Waals surface area (Å²) in [4.78, 5) is 0. The van der Waals surface area contributed by atoms with Crippen molar-refractivity contribution in [2.24, 2.45) is 0 Å². The van der Waals surface area contributed by atoms with Crippen molar-refractivity contribution in [3.63, 3.8) is 0 Å². The van der Waals surface area contributed by atoms with Gasteiger partial charge in [-0.15, -0.1) is 13.2 Å². The van der Waals surface area contributed by atoms with Gasteiger partial charge in [0, 0.05) is 0 Å². The lowest BCUT2D eigenvalue weighted by molar-refractivity contribution is -0.274.